The van der Waals surface area contributed by atoms with Crippen LogP contribution in [-0.4, -0.2) is 0 Å². The summed E-state index contributed by atoms with van der Waals surface area (Å²) in [6.07, 6.45) is 5.35. The third-order valence-corrected chi connectivity index (χ3v) is 0.236. The second-order valence-electron chi connectivity index (χ2n) is 0.644. The molecule has 27 valence electrons. The van der Waals surface area contributed by atoms with E-state index < -0.39 is 0 Å². The van der Waals surface area contributed by atoms with Crippen LogP contribution in [0.2, 0.25) is 0 Å². The van der Waals surface area contributed by atoms with Gasteiger partial charge in [0.05, 0.1) is 0 Å². The van der Waals surface area contributed by atoms with Crippen molar-refractivity contribution >= 4 is 0 Å². The second kappa shape index (κ2) is 3.52. The second-order valence-corrected chi connectivity index (χ2v) is 0.644. The summed E-state index contributed by atoms with van der Waals surface area (Å²) in [5, 5.41) is 0. The zero-order valence-electron chi connectivity index (χ0n) is 2.94. The number of nitrogens with two attached hydrogens (primary N) is 1. The van der Waals surface area contributed by atoms with Gasteiger partial charge in [-0.15, -0.1) is 12.3 Å². The van der Waals surface area contributed by atoms with Crippen LogP contribution in [0.1, 0.15) is 6.42 Å². The summed E-state index contributed by atoms with van der Waals surface area (Å²) < 4.78 is 0. The van der Waals surface area contributed by atoms with E-state index in [2.05, 4.69) is 5.92 Å². The van der Waals surface area contributed by atoms with Crippen LogP contribution >= 0.6 is 0 Å². The minimum absolute atomic E-state index is 0.569. The normalized spacial score (nSPS) is 6.40. The number of hydrogen-bond donors (Lipinski definition) is 1. The van der Waals surface area contributed by atoms with E-state index in [9.17, 15) is 0 Å². The summed E-state index contributed by atoms with van der Waals surface area (Å²) >= 11 is 0. The van der Waals surface area contributed by atoms with Gasteiger partial charge in [-0.05, 0) is 0 Å². The lowest BCUT2D eigenvalue weighted by atomic mass is 10.5. The van der Waals surface area contributed by atoms with E-state index in [1.54, 1.807) is 0 Å². The molecule has 0 spiro atoms. The van der Waals surface area contributed by atoms with E-state index in [1.165, 1.54) is 6.54 Å². The molecule has 2 N–H and O–H groups in total. The predicted octanol–water partition coefficient (Wildman–Crippen LogP) is 0.130. The standard InChI is InChI=1S/C4H6N/c1-2-3-4-5/h1,4H,3,5H2. The molecular weight excluding hydrogens is 62.1 g/mol. The first-order chi connectivity index (χ1) is 2.41. The zero-order valence-corrected chi connectivity index (χ0v) is 2.94. The molecule has 1 radical (unpaired) electrons. The maximum atomic E-state index is 4.87. The highest BCUT2D eigenvalue weighted by Gasteiger charge is 1.62. The van der Waals surface area contributed by atoms with Crippen molar-refractivity contribution in [2.24, 2.45) is 5.73 Å². The first kappa shape index (κ1) is 4.52. The van der Waals surface area contributed by atoms with Crippen molar-refractivity contribution in [2.75, 3.05) is 0 Å². The Bertz CT molecular complexity index is 42.1. The highest BCUT2D eigenvalue weighted by atomic mass is 14.5. The van der Waals surface area contributed by atoms with Gasteiger partial charge in [-0.3, -0.25) is 0 Å². The van der Waals surface area contributed by atoms with E-state index >= 15 is 0 Å². The van der Waals surface area contributed by atoms with Gasteiger partial charge in [0, 0.05) is 13.0 Å². The number of terminal acetylenes is 1. The molecule has 0 rings (SSSR count). The molecule has 0 amide bonds. The van der Waals surface area contributed by atoms with E-state index in [0.29, 0.717) is 6.42 Å². The summed E-state index contributed by atoms with van der Waals surface area (Å²) in [5.74, 6) is 2.34. The summed E-state index contributed by atoms with van der Waals surface area (Å²) in [5.41, 5.74) is 4.87. The van der Waals surface area contributed by atoms with Crippen molar-refractivity contribution < 1.29 is 0 Å². The summed E-state index contributed by atoms with van der Waals surface area (Å²) in [6, 6.07) is 0. The monoisotopic (exact) mass is 68.1 g/mol. The maximum Gasteiger partial charge on any atom is 0.0312 e. The highest BCUT2D eigenvalue weighted by Crippen LogP contribution is 1.66. The lowest BCUT2D eigenvalue weighted by molar-refractivity contribution is 1.20. The molecule has 0 heterocycles. The van der Waals surface area contributed by atoms with Crippen LogP contribution in [0.15, 0.2) is 0 Å². The van der Waals surface area contributed by atoms with Crippen LogP contribution in [0.25, 0.3) is 0 Å². The maximum absolute atomic E-state index is 4.87. The van der Waals surface area contributed by atoms with Gasteiger partial charge in [-0.1, -0.05) is 0 Å². The smallest absolute Gasteiger partial charge is 0.0312 e. The minimum atomic E-state index is 0.569. The van der Waals surface area contributed by atoms with Crippen molar-refractivity contribution in [3.05, 3.63) is 6.54 Å². The van der Waals surface area contributed by atoms with Gasteiger partial charge < -0.3 is 5.73 Å². The summed E-state index contributed by atoms with van der Waals surface area (Å²) in [7, 11) is 0. The van der Waals surface area contributed by atoms with Gasteiger partial charge >= 0.3 is 0 Å². The van der Waals surface area contributed by atoms with Crippen LogP contribution in [-0.2, 0) is 0 Å². The Hall–Kier alpha value is -0.480. The molecule has 0 saturated heterocycles. The molecule has 0 aliphatic rings. The molecule has 0 aromatic rings. The first-order valence-electron chi connectivity index (χ1n) is 1.38. The van der Waals surface area contributed by atoms with E-state index in [-0.39, 0.29) is 0 Å². The first-order valence-corrected chi connectivity index (χ1v) is 1.38. The third-order valence-electron chi connectivity index (χ3n) is 0.236. The molecule has 0 aromatic heterocycles. The minimum Gasteiger partial charge on any atom is -0.326 e. The average molecular weight is 68.1 g/mol. The summed E-state index contributed by atoms with van der Waals surface area (Å²) in [4.78, 5) is 0. The Morgan fingerprint density at radius 3 is 2.60 bits per heavy atom. The number of hydrogen-bond acceptors (Lipinski definition) is 1. The predicted molar refractivity (Wildman–Crippen MR) is 21.9 cm³/mol. The molecular formula is C4H6N. The lowest BCUT2D eigenvalue weighted by Crippen LogP contribution is -1.85. The Labute approximate surface area is 32.2 Å². The fourth-order valence-electron chi connectivity index (χ4n) is 0.0680. The average Bonchev–Trinajstić information content (AvgIpc) is 1.41. The molecule has 0 aromatic carbocycles. The molecule has 0 atom stereocenters. The van der Waals surface area contributed by atoms with Crippen molar-refractivity contribution in [1.29, 1.82) is 0 Å². The van der Waals surface area contributed by atoms with E-state index in [1.807, 2.05) is 0 Å². The van der Waals surface area contributed by atoms with Crippen molar-refractivity contribution in [1.82, 2.24) is 0 Å². The summed E-state index contributed by atoms with van der Waals surface area (Å²) in [6.45, 7) is 1.44. The lowest BCUT2D eigenvalue weighted by Gasteiger charge is -1.70. The van der Waals surface area contributed by atoms with Gasteiger partial charge in [0.1, 0.15) is 0 Å². The van der Waals surface area contributed by atoms with E-state index in [4.69, 9.17) is 12.2 Å². The van der Waals surface area contributed by atoms with Crippen LogP contribution < -0.4 is 5.73 Å². The fourth-order valence-corrected chi connectivity index (χ4v) is 0.0680. The SMILES string of the molecule is C#CC[CH]N. The van der Waals surface area contributed by atoms with Crippen LogP contribution in [0.5, 0.6) is 0 Å². The van der Waals surface area contributed by atoms with Crippen LogP contribution in [0.4, 0.5) is 0 Å². The van der Waals surface area contributed by atoms with Gasteiger partial charge in [-0.2, -0.15) is 0 Å². The van der Waals surface area contributed by atoms with Gasteiger partial charge in [0.15, 0.2) is 0 Å². The molecule has 0 aliphatic heterocycles. The highest BCUT2D eigenvalue weighted by molar-refractivity contribution is 4.87. The molecule has 0 unspecified atom stereocenters. The van der Waals surface area contributed by atoms with E-state index in [0.717, 1.165) is 0 Å². The quantitative estimate of drug-likeness (QED) is 0.434. The molecule has 5 heavy (non-hydrogen) atoms. The van der Waals surface area contributed by atoms with Crippen LogP contribution in [0, 0.1) is 18.9 Å². The molecule has 1 heteroatoms. The van der Waals surface area contributed by atoms with Gasteiger partial charge in [0.25, 0.3) is 0 Å². The molecule has 0 aliphatic carbocycles. The third kappa shape index (κ3) is 3.52. The Balaban J connectivity index is 2.48. The molecule has 0 saturated carbocycles. The topological polar surface area (TPSA) is 26.0 Å². The number of rotatable bonds is 1. The Kier molecular flexibility index (Phi) is 3.18. The van der Waals surface area contributed by atoms with Gasteiger partial charge in [0.2, 0.25) is 0 Å². The fraction of sp³-hybridized carbons (Fsp3) is 0.250. The van der Waals surface area contributed by atoms with Crippen molar-refractivity contribution in [3.8, 4) is 12.3 Å². The van der Waals surface area contributed by atoms with Crippen molar-refractivity contribution in [2.45, 2.75) is 6.42 Å². The Morgan fingerprint density at radius 2 is 2.60 bits per heavy atom. The van der Waals surface area contributed by atoms with Gasteiger partial charge in [-0.25, -0.2) is 0 Å². The van der Waals surface area contributed by atoms with Crippen LogP contribution in [0.3, 0.4) is 0 Å². The molecule has 1 nitrogen and oxygen atoms in total. The largest absolute Gasteiger partial charge is 0.326 e. The zero-order chi connectivity index (χ0) is 4.12. The van der Waals surface area contributed by atoms with Crippen molar-refractivity contribution in [3.63, 3.8) is 0 Å². The Morgan fingerprint density at radius 1 is 2.00 bits per heavy atom. The molecule has 0 fully saturated rings. The molecule has 0 bridgehead atoms.